The van der Waals surface area contributed by atoms with Gasteiger partial charge in [0.25, 0.3) is 0 Å². The molecule has 52 heavy (non-hydrogen) atoms. The Balaban J connectivity index is 1.14. The minimum Gasteiger partial charge on any atom is -0.478 e. The summed E-state index contributed by atoms with van der Waals surface area (Å²) >= 11 is 0. The van der Waals surface area contributed by atoms with E-state index in [-0.39, 0.29) is 55.8 Å². The van der Waals surface area contributed by atoms with Gasteiger partial charge in [-0.05, 0) is 139 Å². The smallest absolute Gasteiger partial charge is 0.335 e. The highest BCUT2D eigenvalue weighted by molar-refractivity contribution is 7.91. The van der Waals surface area contributed by atoms with Crippen LogP contribution in [0.3, 0.4) is 0 Å². The number of hydrogen-bond acceptors (Lipinski definition) is 5. The predicted molar refractivity (Wildman–Crippen MR) is 209 cm³/mol. The van der Waals surface area contributed by atoms with Gasteiger partial charge in [-0.1, -0.05) is 78.3 Å². The number of carbonyl (C=O) groups excluding carboxylic acids is 1. The maximum atomic E-state index is 14.5. The van der Waals surface area contributed by atoms with Gasteiger partial charge < -0.3 is 15.3 Å². The van der Waals surface area contributed by atoms with Gasteiger partial charge in [-0.25, -0.2) is 13.2 Å². The second kappa shape index (κ2) is 12.8. The molecule has 1 saturated heterocycles. The van der Waals surface area contributed by atoms with Gasteiger partial charge in [-0.2, -0.15) is 0 Å². The molecule has 1 heterocycles. The number of amides is 1. The summed E-state index contributed by atoms with van der Waals surface area (Å²) in [6.07, 6.45) is 15.5. The Bertz CT molecular complexity index is 1760. The number of sulfone groups is 1. The van der Waals surface area contributed by atoms with Crippen LogP contribution in [0.1, 0.15) is 129 Å². The highest BCUT2D eigenvalue weighted by Crippen LogP contribution is 2.76. The largest absolute Gasteiger partial charge is 0.478 e. The fourth-order valence-electron chi connectivity index (χ4n) is 13.2. The molecule has 5 aliphatic carbocycles. The van der Waals surface area contributed by atoms with Crippen LogP contribution >= 0.6 is 0 Å². The Kier molecular flexibility index (Phi) is 9.33. The van der Waals surface area contributed by atoms with E-state index >= 15 is 0 Å². The Morgan fingerprint density at radius 2 is 1.56 bits per heavy atom. The Morgan fingerprint density at radius 1 is 0.885 bits per heavy atom. The first-order chi connectivity index (χ1) is 24.3. The topological polar surface area (TPSA) is 104 Å². The van der Waals surface area contributed by atoms with Crippen molar-refractivity contribution in [3.63, 3.8) is 0 Å². The number of carboxylic acids is 1. The fourth-order valence-corrected chi connectivity index (χ4v) is 14.5. The monoisotopic (exact) mass is 732 g/mol. The van der Waals surface area contributed by atoms with Crippen LogP contribution in [0.4, 0.5) is 0 Å². The second-order valence-corrected chi connectivity index (χ2v) is 22.2. The molecule has 6 aliphatic rings. The molecule has 2 N–H and O–H groups in total. The summed E-state index contributed by atoms with van der Waals surface area (Å²) in [5.41, 5.74) is 4.54. The van der Waals surface area contributed by atoms with Gasteiger partial charge in [0.15, 0.2) is 9.84 Å². The summed E-state index contributed by atoms with van der Waals surface area (Å²) in [5.74, 6) is 1.18. The van der Waals surface area contributed by atoms with E-state index in [4.69, 9.17) is 0 Å². The molecule has 8 heteroatoms. The van der Waals surface area contributed by atoms with Crippen molar-refractivity contribution in [2.24, 2.45) is 50.2 Å². The molecule has 0 spiro atoms. The number of carbonyl (C=O) groups is 2. The molecular weight excluding hydrogens is 669 g/mol. The van der Waals surface area contributed by atoms with E-state index in [1.54, 1.807) is 17.7 Å². The van der Waals surface area contributed by atoms with Crippen molar-refractivity contribution in [2.45, 2.75) is 113 Å². The van der Waals surface area contributed by atoms with Crippen molar-refractivity contribution in [1.29, 1.82) is 0 Å². The zero-order valence-corrected chi connectivity index (χ0v) is 33.8. The van der Waals surface area contributed by atoms with Crippen LogP contribution in [0.25, 0.3) is 5.57 Å². The van der Waals surface area contributed by atoms with Crippen molar-refractivity contribution in [2.75, 3.05) is 37.7 Å². The lowest BCUT2D eigenvalue weighted by molar-refractivity contribution is -0.167. The molecule has 4 fully saturated rings. The molecule has 0 aromatic heterocycles. The third-order valence-corrected chi connectivity index (χ3v) is 18.1. The molecule has 0 radical (unpaired) electrons. The highest BCUT2D eigenvalue weighted by Gasteiger charge is 2.68. The molecule has 1 amide bonds. The van der Waals surface area contributed by atoms with Crippen LogP contribution in [0.2, 0.25) is 0 Å². The number of nitrogens with one attached hydrogen (secondary N) is 1. The lowest BCUT2D eigenvalue weighted by atomic mass is 9.33. The van der Waals surface area contributed by atoms with Gasteiger partial charge >= 0.3 is 5.97 Å². The molecule has 7 unspecified atom stereocenters. The van der Waals surface area contributed by atoms with Gasteiger partial charge in [-0.3, -0.25) is 4.79 Å². The van der Waals surface area contributed by atoms with Crippen LogP contribution in [-0.4, -0.2) is 68.0 Å². The molecule has 0 bridgehead atoms. The first-order valence-corrected chi connectivity index (χ1v) is 22.1. The standard InChI is InChI=1S/C44H64N2O5S/c1-39(2)19-21-44(38(49)45-23-8-24-46-25-27-52(50,51)28-26-46)22-20-42(6)33(34(44)29-39)13-14-36-41(5)17-15-32(30-9-11-31(12-10-30)37(47)48)40(3,4)35(41)16-18-43(36,42)7/h9-13,15,34-36H,8,14,16-29H2,1-7H3,(H,45,49)(H,47,48). The Hall–Kier alpha value is -2.45. The van der Waals surface area contributed by atoms with Crippen molar-refractivity contribution in [3.05, 3.63) is 53.1 Å². The lowest BCUT2D eigenvalue weighted by Crippen LogP contribution is -2.64. The average molecular weight is 733 g/mol. The quantitative estimate of drug-likeness (QED) is 0.216. The molecule has 7 nitrogen and oxygen atoms in total. The number of nitrogens with zero attached hydrogens (tertiary/aromatic N) is 1. The van der Waals surface area contributed by atoms with Crippen LogP contribution in [0, 0.1) is 50.2 Å². The van der Waals surface area contributed by atoms with E-state index in [9.17, 15) is 23.1 Å². The summed E-state index contributed by atoms with van der Waals surface area (Å²) < 4.78 is 23.7. The Morgan fingerprint density at radius 3 is 2.23 bits per heavy atom. The maximum absolute atomic E-state index is 14.5. The van der Waals surface area contributed by atoms with Gasteiger partial charge in [-0.15, -0.1) is 0 Å². The first-order valence-electron chi connectivity index (χ1n) is 20.2. The van der Waals surface area contributed by atoms with Gasteiger partial charge in [0.05, 0.1) is 22.5 Å². The highest BCUT2D eigenvalue weighted by atomic mass is 32.2. The van der Waals surface area contributed by atoms with E-state index in [0.29, 0.717) is 37.0 Å². The molecule has 1 aromatic rings. The molecule has 286 valence electrons. The first kappa shape index (κ1) is 37.8. The number of benzene rings is 1. The van der Waals surface area contributed by atoms with Crippen molar-refractivity contribution in [3.8, 4) is 0 Å². The predicted octanol–water partition coefficient (Wildman–Crippen LogP) is 8.42. The van der Waals surface area contributed by atoms with E-state index in [1.807, 2.05) is 12.1 Å². The summed E-state index contributed by atoms with van der Waals surface area (Å²) in [4.78, 5) is 28.3. The number of fused-ring (bicyclic) bond motifs is 7. The summed E-state index contributed by atoms with van der Waals surface area (Å²) in [6, 6.07) is 7.50. The summed E-state index contributed by atoms with van der Waals surface area (Å²) in [5, 5.41) is 12.9. The average Bonchev–Trinajstić information content (AvgIpc) is 3.07. The van der Waals surface area contributed by atoms with Crippen molar-refractivity contribution < 1.29 is 23.1 Å². The fraction of sp³-hybridized carbons (Fsp3) is 0.727. The molecule has 7 rings (SSSR count). The number of aromatic carboxylic acids is 1. The molecule has 1 aliphatic heterocycles. The molecule has 1 aromatic carbocycles. The lowest BCUT2D eigenvalue weighted by Gasteiger charge is -2.70. The second-order valence-electron chi connectivity index (χ2n) is 19.9. The molecule has 3 saturated carbocycles. The third kappa shape index (κ3) is 5.95. The molecule has 7 atom stereocenters. The van der Waals surface area contributed by atoms with Crippen LogP contribution in [0.5, 0.6) is 0 Å². The zero-order valence-electron chi connectivity index (χ0n) is 32.9. The van der Waals surface area contributed by atoms with Crippen LogP contribution in [0.15, 0.2) is 42.0 Å². The number of allylic oxidation sites excluding steroid dienone is 4. The van der Waals surface area contributed by atoms with Crippen LogP contribution in [-0.2, 0) is 14.6 Å². The molecular formula is C44H64N2O5S. The Labute approximate surface area is 313 Å². The summed E-state index contributed by atoms with van der Waals surface area (Å²) in [7, 11) is -2.89. The minimum atomic E-state index is -2.89. The number of carboxylic acid groups (broad SMARTS) is 1. The van der Waals surface area contributed by atoms with Gasteiger partial charge in [0.1, 0.15) is 0 Å². The van der Waals surface area contributed by atoms with E-state index < -0.39 is 15.8 Å². The van der Waals surface area contributed by atoms with Crippen LogP contribution < -0.4 is 5.32 Å². The normalized spacial score (nSPS) is 39.0. The maximum Gasteiger partial charge on any atom is 0.335 e. The van der Waals surface area contributed by atoms with E-state index in [0.717, 1.165) is 63.5 Å². The van der Waals surface area contributed by atoms with Gasteiger partial charge in [0.2, 0.25) is 5.91 Å². The summed E-state index contributed by atoms with van der Waals surface area (Å²) in [6.45, 7) is 20.1. The van der Waals surface area contributed by atoms with E-state index in [2.05, 4.69) is 70.8 Å². The third-order valence-electron chi connectivity index (χ3n) is 16.5. The van der Waals surface area contributed by atoms with Crippen molar-refractivity contribution in [1.82, 2.24) is 10.2 Å². The number of rotatable bonds is 7. The SMILES string of the molecule is CC1(C)CCC2(C(=O)NCCCN3CCS(=O)(=O)CC3)CCC3(C)C(=CCC4C5(C)CC=C(c6ccc(C(=O)O)cc6)C(C)(C)C5CCC43C)C2C1. The minimum absolute atomic E-state index is 0.0388. The van der Waals surface area contributed by atoms with Crippen molar-refractivity contribution >= 4 is 27.3 Å². The number of hydrogen-bond donors (Lipinski definition) is 2. The van der Waals surface area contributed by atoms with Gasteiger partial charge in [0, 0.05) is 19.6 Å². The zero-order chi connectivity index (χ0) is 37.5. The van der Waals surface area contributed by atoms with E-state index in [1.165, 1.54) is 18.4 Å².